The topological polar surface area (TPSA) is 46.0 Å². The van der Waals surface area contributed by atoms with Gasteiger partial charge in [-0.15, -0.1) is 0 Å². The monoisotopic (exact) mass is 195 g/mol. The van der Waals surface area contributed by atoms with Crippen molar-refractivity contribution in [1.82, 2.24) is 5.48 Å². The molecule has 0 unspecified atom stereocenters. The largest absolute Gasteiger partial charge is 0.451 e. The predicted octanol–water partition coefficient (Wildman–Crippen LogP) is 0.899. The van der Waals surface area contributed by atoms with E-state index in [2.05, 4.69) is 14.8 Å². The number of hydroxylamine groups is 1. The highest BCUT2D eigenvalue weighted by molar-refractivity contribution is 6.02. The molecule has 1 aliphatic rings. The number of alkyl halides is 3. The zero-order chi connectivity index (χ0) is 10.1. The van der Waals surface area contributed by atoms with Crippen LogP contribution in [0.2, 0.25) is 0 Å². The first-order valence-electron chi connectivity index (χ1n) is 3.49. The van der Waals surface area contributed by atoms with Crippen molar-refractivity contribution in [3.05, 3.63) is 0 Å². The van der Waals surface area contributed by atoms with Crippen LogP contribution in [0, 0.1) is 0 Å². The zero-order valence-corrected chi connectivity index (χ0v) is 7.01. The number of nitrogens with one attached hydrogen (secondary N) is 1. The Bertz CT molecular complexity index is 258. The van der Waals surface area contributed by atoms with Crippen molar-refractivity contribution < 1.29 is 18.0 Å². The van der Waals surface area contributed by atoms with Crippen LogP contribution >= 0.6 is 0 Å². The first-order valence-corrected chi connectivity index (χ1v) is 3.49. The SMILES string of the molecule is CN=C1N=C(C(F)(F)F)NO[C@@H]1C. The second-order valence-electron chi connectivity index (χ2n) is 2.40. The standard InChI is InChI=1S/C6H8F3N3O/c1-3-4(10-2)11-5(12-13-3)6(7,8)9/h3H,1-2H3,(H,10,11,12)/t3-/m1/s1. The molecule has 0 aromatic carbocycles. The summed E-state index contributed by atoms with van der Waals surface area (Å²) in [6, 6.07) is 0. The van der Waals surface area contributed by atoms with Crippen molar-refractivity contribution in [1.29, 1.82) is 0 Å². The predicted molar refractivity (Wildman–Crippen MR) is 40.5 cm³/mol. The third-order valence-electron chi connectivity index (χ3n) is 1.42. The lowest BCUT2D eigenvalue weighted by molar-refractivity contribution is -0.0765. The maximum Gasteiger partial charge on any atom is 0.451 e. The van der Waals surface area contributed by atoms with E-state index in [-0.39, 0.29) is 5.84 Å². The van der Waals surface area contributed by atoms with E-state index in [1.54, 1.807) is 12.4 Å². The lowest BCUT2D eigenvalue weighted by atomic mass is 10.3. The van der Waals surface area contributed by atoms with Gasteiger partial charge in [0.15, 0.2) is 5.84 Å². The Morgan fingerprint density at radius 3 is 2.62 bits per heavy atom. The molecule has 13 heavy (non-hydrogen) atoms. The molecule has 1 N–H and O–H groups in total. The molecule has 1 heterocycles. The lowest BCUT2D eigenvalue weighted by Gasteiger charge is -2.21. The molecule has 1 atom stereocenters. The Kier molecular flexibility index (Phi) is 2.55. The van der Waals surface area contributed by atoms with Gasteiger partial charge in [0.25, 0.3) is 0 Å². The van der Waals surface area contributed by atoms with Crippen LogP contribution in [0.15, 0.2) is 9.98 Å². The number of hydrogen-bond donors (Lipinski definition) is 1. The number of amidine groups is 2. The smallest absolute Gasteiger partial charge is 0.271 e. The molecule has 1 aliphatic heterocycles. The molecule has 0 saturated carbocycles. The van der Waals surface area contributed by atoms with Crippen molar-refractivity contribution in [3.8, 4) is 0 Å². The summed E-state index contributed by atoms with van der Waals surface area (Å²) in [7, 11) is 1.36. The van der Waals surface area contributed by atoms with Crippen LogP contribution < -0.4 is 5.48 Å². The Hall–Kier alpha value is -1.11. The molecular formula is C6H8F3N3O. The van der Waals surface area contributed by atoms with E-state index >= 15 is 0 Å². The van der Waals surface area contributed by atoms with Crippen LogP contribution in [-0.2, 0) is 4.84 Å². The van der Waals surface area contributed by atoms with Crippen LogP contribution in [0.3, 0.4) is 0 Å². The van der Waals surface area contributed by atoms with Gasteiger partial charge in [-0.05, 0) is 6.92 Å². The third-order valence-corrected chi connectivity index (χ3v) is 1.42. The first kappa shape index (κ1) is 9.97. The molecule has 0 bridgehead atoms. The fourth-order valence-corrected chi connectivity index (χ4v) is 0.778. The van der Waals surface area contributed by atoms with Crippen molar-refractivity contribution in [3.63, 3.8) is 0 Å². The quantitative estimate of drug-likeness (QED) is 0.624. The summed E-state index contributed by atoms with van der Waals surface area (Å²) in [6.07, 6.45) is -5.10. The molecule has 0 aromatic rings. The van der Waals surface area contributed by atoms with E-state index in [9.17, 15) is 13.2 Å². The molecule has 0 amide bonds. The van der Waals surface area contributed by atoms with Crippen molar-refractivity contribution in [2.75, 3.05) is 7.05 Å². The molecule has 0 aliphatic carbocycles. The van der Waals surface area contributed by atoms with Crippen LogP contribution in [0.25, 0.3) is 0 Å². The van der Waals surface area contributed by atoms with Gasteiger partial charge >= 0.3 is 6.18 Å². The van der Waals surface area contributed by atoms with E-state index in [1.165, 1.54) is 7.05 Å². The fourth-order valence-electron chi connectivity index (χ4n) is 0.778. The average molecular weight is 195 g/mol. The highest BCUT2D eigenvalue weighted by atomic mass is 19.4. The number of aliphatic imine (C=N–C) groups is 2. The Labute approximate surface area is 72.5 Å². The van der Waals surface area contributed by atoms with Crippen LogP contribution in [0.5, 0.6) is 0 Å². The second-order valence-corrected chi connectivity index (χ2v) is 2.40. The zero-order valence-electron chi connectivity index (χ0n) is 7.01. The summed E-state index contributed by atoms with van der Waals surface area (Å²) in [4.78, 5) is 11.4. The van der Waals surface area contributed by atoms with E-state index < -0.39 is 18.1 Å². The van der Waals surface area contributed by atoms with Gasteiger partial charge in [0, 0.05) is 7.05 Å². The first-order chi connectivity index (χ1) is 5.95. The summed E-state index contributed by atoms with van der Waals surface area (Å²) < 4.78 is 36.1. The Morgan fingerprint density at radius 2 is 2.15 bits per heavy atom. The molecular weight excluding hydrogens is 187 g/mol. The van der Waals surface area contributed by atoms with Crippen LogP contribution in [-0.4, -0.2) is 31.0 Å². The van der Waals surface area contributed by atoms with E-state index in [0.29, 0.717) is 0 Å². The van der Waals surface area contributed by atoms with E-state index in [1.807, 2.05) is 0 Å². The molecule has 74 valence electrons. The van der Waals surface area contributed by atoms with E-state index in [0.717, 1.165) is 0 Å². The molecule has 0 aromatic heterocycles. The number of rotatable bonds is 0. The highest BCUT2D eigenvalue weighted by Crippen LogP contribution is 2.18. The Morgan fingerprint density at radius 1 is 1.54 bits per heavy atom. The maximum absolute atomic E-state index is 12.0. The van der Waals surface area contributed by atoms with Crippen molar-refractivity contribution in [2.45, 2.75) is 19.2 Å². The molecule has 0 spiro atoms. The van der Waals surface area contributed by atoms with Gasteiger partial charge in [-0.1, -0.05) is 0 Å². The van der Waals surface area contributed by atoms with Gasteiger partial charge in [0.1, 0.15) is 6.10 Å². The summed E-state index contributed by atoms with van der Waals surface area (Å²) >= 11 is 0. The minimum atomic E-state index is -4.53. The molecule has 0 fully saturated rings. The summed E-state index contributed by atoms with van der Waals surface area (Å²) in [6.45, 7) is 1.55. The summed E-state index contributed by atoms with van der Waals surface area (Å²) in [5, 5.41) is 0. The minimum Gasteiger partial charge on any atom is -0.271 e. The van der Waals surface area contributed by atoms with Crippen LogP contribution in [0.1, 0.15) is 6.92 Å². The average Bonchev–Trinajstić information content (AvgIpc) is 2.03. The van der Waals surface area contributed by atoms with E-state index in [4.69, 9.17) is 0 Å². The highest BCUT2D eigenvalue weighted by Gasteiger charge is 2.39. The molecule has 0 saturated heterocycles. The van der Waals surface area contributed by atoms with Gasteiger partial charge in [0.05, 0.1) is 0 Å². The van der Waals surface area contributed by atoms with Gasteiger partial charge in [-0.25, -0.2) is 10.5 Å². The number of nitrogens with zero attached hydrogens (tertiary/aromatic N) is 2. The summed E-state index contributed by atoms with van der Waals surface area (Å²) in [5.41, 5.74) is 1.72. The summed E-state index contributed by atoms with van der Waals surface area (Å²) in [5.74, 6) is -1.16. The molecule has 1 rings (SSSR count). The fraction of sp³-hybridized carbons (Fsp3) is 0.667. The van der Waals surface area contributed by atoms with Crippen LogP contribution in [0.4, 0.5) is 13.2 Å². The number of hydrogen-bond acceptors (Lipinski definition) is 3. The second kappa shape index (κ2) is 3.33. The third kappa shape index (κ3) is 2.18. The molecule has 7 heteroatoms. The number of halogens is 3. The lowest BCUT2D eigenvalue weighted by Crippen LogP contribution is -2.45. The van der Waals surface area contributed by atoms with Crippen molar-refractivity contribution in [2.24, 2.45) is 9.98 Å². The van der Waals surface area contributed by atoms with Gasteiger partial charge in [-0.2, -0.15) is 13.2 Å². The normalized spacial score (nSPS) is 27.0. The van der Waals surface area contributed by atoms with Gasteiger partial charge < -0.3 is 0 Å². The van der Waals surface area contributed by atoms with Gasteiger partial charge in [0.2, 0.25) is 5.84 Å². The molecule has 4 nitrogen and oxygen atoms in total. The molecule has 0 radical (unpaired) electrons. The van der Waals surface area contributed by atoms with Crippen molar-refractivity contribution >= 4 is 11.7 Å². The maximum atomic E-state index is 12.0. The Balaban J connectivity index is 2.92. The minimum absolute atomic E-state index is 0.0195. The van der Waals surface area contributed by atoms with Gasteiger partial charge in [-0.3, -0.25) is 9.83 Å².